The Morgan fingerprint density at radius 1 is 1.50 bits per heavy atom. The van der Waals surface area contributed by atoms with E-state index < -0.39 is 0 Å². The Kier molecular flexibility index (Phi) is 1.40. The first-order valence-corrected chi connectivity index (χ1v) is 2.55. The van der Waals surface area contributed by atoms with Crippen LogP contribution in [0.15, 0.2) is 11.6 Å². The van der Waals surface area contributed by atoms with E-state index in [0.717, 1.165) is 12.0 Å². The fourth-order valence-electron chi connectivity index (χ4n) is 0.480. The van der Waals surface area contributed by atoms with Crippen LogP contribution >= 0.6 is 0 Å². The van der Waals surface area contributed by atoms with E-state index in [1.807, 2.05) is 13.0 Å². The highest BCUT2D eigenvalue weighted by Crippen LogP contribution is 1.93. The summed E-state index contributed by atoms with van der Waals surface area (Å²) in [6.07, 6.45) is 2.87. The molecule has 1 rings (SSSR count). The maximum atomic E-state index is 2.88. The predicted octanol–water partition coefficient (Wildman–Crippen LogP) is 1.34. The number of hydrogen-bond donors (Lipinski definition) is 0. The van der Waals surface area contributed by atoms with Gasteiger partial charge in [0.1, 0.15) is 0 Å². The van der Waals surface area contributed by atoms with Crippen molar-refractivity contribution in [3.8, 4) is 23.7 Å². The van der Waals surface area contributed by atoms with E-state index in [0.29, 0.717) is 0 Å². The second kappa shape index (κ2) is 2.24. The first-order valence-electron chi connectivity index (χ1n) is 2.55. The van der Waals surface area contributed by atoms with Crippen molar-refractivity contribution in [2.75, 3.05) is 0 Å². The normalized spacial score (nSPS) is 13.9. The Morgan fingerprint density at radius 3 is 3.25 bits per heavy atom. The molecular formula is C8H6. The van der Waals surface area contributed by atoms with Gasteiger partial charge in [-0.2, -0.15) is 0 Å². The van der Waals surface area contributed by atoms with Gasteiger partial charge in [-0.05, 0) is 24.3 Å². The Morgan fingerprint density at radius 2 is 2.38 bits per heavy atom. The molecule has 0 N–H and O–H groups in total. The van der Waals surface area contributed by atoms with Crippen molar-refractivity contribution >= 4 is 0 Å². The van der Waals surface area contributed by atoms with Gasteiger partial charge in [-0.25, -0.2) is 0 Å². The van der Waals surface area contributed by atoms with Crippen LogP contribution < -0.4 is 0 Å². The topological polar surface area (TPSA) is 0 Å². The second-order valence-electron chi connectivity index (χ2n) is 1.64. The van der Waals surface area contributed by atoms with Gasteiger partial charge in [-0.1, -0.05) is 17.9 Å². The van der Waals surface area contributed by atoms with Gasteiger partial charge in [0.05, 0.1) is 0 Å². The van der Waals surface area contributed by atoms with Crippen molar-refractivity contribution in [3.05, 3.63) is 11.6 Å². The third-order valence-electron chi connectivity index (χ3n) is 0.921. The van der Waals surface area contributed by atoms with Crippen LogP contribution in [0.2, 0.25) is 0 Å². The number of rotatable bonds is 0. The van der Waals surface area contributed by atoms with Crippen molar-refractivity contribution in [3.63, 3.8) is 0 Å². The smallest absolute Gasteiger partial charge is 0.0291 e. The molecule has 0 bridgehead atoms. The quantitative estimate of drug-likeness (QED) is 0.405. The third kappa shape index (κ3) is 1.17. The average molecular weight is 102 g/mol. The zero-order chi connectivity index (χ0) is 5.82. The van der Waals surface area contributed by atoms with Crippen LogP contribution in [0.3, 0.4) is 0 Å². The van der Waals surface area contributed by atoms with Gasteiger partial charge in [0, 0.05) is 6.42 Å². The predicted molar refractivity (Wildman–Crippen MR) is 33.9 cm³/mol. The maximum Gasteiger partial charge on any atom is 0.0291 e. The van der Waals surface area contributed by atoms with E-state index in [1.54, 1.807) is 0 Å². The molecule has 0 aromatic carbocycles. The average Bonchev–Trinajstić information content (AvgIpc) is 1.94. The molecule has 0 atom stereocenters. The molecule has 0 amide bonds. The van der Waals surface area contributed by atoms with E-state index in [9.17, 15) is 0 Å². The summed E-state index contributed by atoms with van der Waals surface area (Å²) in [7, 11) is 0. The van der Waals surface area contributed by atoms with E-state index >= 15 is 0 Å². The summed E-state index contributed by atoms with van der Waals surface area (Å²) in [6.45, 7) is 1.99. The van der Waals surface area contributed by atoms with Crippen LogP contribution in [-0.4, -0.2) is 0 Å². The fraction of sp³-hybridized carbons (Fsp3) is 0.250. The lowest BCUT2D eigenvalue weighted by Gasteiger charge is -1.78. The summed E-state index contributed by atoms with van der Waals surface area (Å²) < 4.78 is 0. The van der Waals surface area contributed by atoms with Crippen LogP contribution in [-0.2, 0) is 0 Å². The molecule has 0 radical (unpaired) electrons. The molecule has 0 heterocycles. The summed E-state index contributed by atoms with van der Waals surface area (Å²) in [4.78, 5) is 0. The van der Waals surface area contributed by atoms with Crippen molar-refractivity contribution < 1.29 is 0 Å². The molecule has 38 valence electrons. The molecular weight excluding hydrogens is 96.1 g/mol. The minimum Gasteiger partial charge on any atom is -0.0849 e. The molecule has 1 aliphatic carbocycles. The van der Waals surface area contributed by atoms with Gasteiger partial charge >= 0.3 is 0 Å². The Balaban J connectivity index is 2.83. The summed E-state index contributed by atoms with van der Waals surface area (Å²) >= 11 is 0. The summed E-state index contributed by atoms with van der Waals surface area (Å²) in [5.41, 5.74) is 1.11. The standard InChI is InChI=1S/C8H6/c1-8-6-4-2-3-5-7-8/h6H,4H2,1H3. The fourth-order valence-corrected chi connectivity index (χ4v) is 0.480. The molecule has 8 heavy (non-hydrogen) atoms. The first kappa shape index (κ1) is 5.01. The van der Waals surface area contributed by atoms with Crippen molar-refractivity contribution in [2.24, 2.45) is 0 Å². The first-order chi connectivity index (χ1) is 3.89. The molecule has 0 nitrogen and oxygen atoms in total. The molecule has 0 aliphatic heterocycles. The molecule has 0 aromatic heterocycles. The van der Waals surface area contributed by atoms with Crippen molar-refractivity contribution in [1.82, 2.24) is 0 Å². The molecule has 0 aromatic rings. The lowest BCUT2D eigenvalue weighted by Crippen LogP contribution is -1.64. The number of allylic oxidation sites excluding steroid dienone is 2. The summed E-state index contributed by atoms with van der Waals surface area (Å²) in [5.74, 6) is 11.2. The van der Waals surface area contributed by atoms with Crippen LogP contribution in [0, 0.1) is 23.7 Å². The zero-order valence-corrected chi connectivity index (χ0v) is 4.78. The minimum absolute atomic E-state index is 0.839. The number of hydrogen-bond acceptors (Lipinski definition) is 0. The lowest BCUT2D eigenvalue weighted by atomic mass is 10.3. The zero-order valence-electron chi connectivity index (χ0n) is 4.78. The third-order valence-corrected chi connectivity index (χ3v) is 0.921. The van der Waals surface area contributed by atoms with Crippen LogP contribution in [0.25, 0.3) is 0 Å². The van der Waals surface area contributed by atoms with E-state index in [2.05, 4.69) is 23.7 Å². The lowest BCUT2D eigenvalue weighted by molar-refractivity contribution is 1.40. The minimum atomic E-state index is 0.839. The van der Waals surface area contributed by atoms with Gasteiger partial charge in [-0.15, -0.1) is 0 Å². The van der Waals surface area contributed by atoms with Crippen LogP contribution in [0.1, 0.15) is 13.3 Å². The Hall–Kier alpha value is -1.14. The molecule has 0 heteroatoms. The van der Waals surface area contributed by atoms with Gasteiger partial charge in [-0.3, -0.25) is 0 Å². The SMILES string of the molecule is CC1=CCC#CC#C1. The highest BCUT2D eigenvalue weighted by molar-refractivity contribution is 5.39. The summed E-state index contributed by atoms with van der Waals surface area (Å²) in [6, 6.07) is 0. The van der Waals surface area contributed by atoms with Crippen LogP contribution in [0.5, 0.6) is 0 Å². The van der Waals surface area contributed by atoms with E-state index in [-0.39, 0.29) is 0 Å². The summed E-state index contributed by atoms with van der Waals surface area (Å²) in [5, 5.41) is 0. The molecule has 0 fully saturated rings. The van der Waals surface area contributed by atoms with Crippen molar-refractivity contribution in [2.45, 2.75) is 13.3 Å². The molecule has 0 spiro atoms. The molecule has 1 aliphatic rings. The molecule has 0 saturated heterocycles. The molecule has 0 unspecified atom stereocenters. The van der Waals surface area contributed by atoms with Crippen molar-refractivity contribution in [1.29, 1.82) is 0 Å². The van der Waals surface area contributed by atoms with E-state index in [1.165, 1.54) is 0 Å². The highest BCUT2D eigenvalue weighted by Gasteiger charge is 1.79. The second-order valence-corrected chi connectivity index (χ2v) is 1.64. The van der Waals surface area contributed by atoms with Crippen LogP contribution in [0.4, 0.5) is 0 Å². The Bertz CT molecular complexity index is 222. The molecule has 0 saturated carbocycles. The van der Waals surface area contributed by atoms with Gasteiger partial charge in [0.25, 0.3) is 0 Å². The van der Waals surface area contributed by atoms with Gasteiger partial charge in [0.15, 0.2) is 0 Å². The van der Waals surface area contributed by atoms with Gasteiger partial charge in [0.2, 0.25) is 0 Å². The van der Waals surface area contributed by atoms with E-state index in [4.69, 9.17) is 0 Å². The monoisotopic (exact) mass is 102 g/mol. The Labute approximate surface area is 49.6 Å². The largest absolute Gasteiger partial charge is 0.0849 e. The maximum absolute atomic E-state index is 2.88. The highest BCUT2D eigenvalue weighted by atomic mass is 13.8. The van der Waals surface area contributed by atoms with Gasteiger partial charge < -0.3 is 0 Å².